The molecule has 0 radical (unpaired) electrons. The van der Waals surface area contributed by atoms with E-state index in [1.807, 2.05) is 20.8 Å². The van der Waals surface area contributed by atoms with Crippen LogP contribution in [-0.4, -0.2) is 20.9 Å². The van der Waals surface area contributed by atoms with Crippen LogP contribution in [-0.2, 0) is 13.0 Å². The van der Waals surface area contributed by atoms with Crippen molar-refractivity contribution in [3.05, 3.63) is 40.6 Å². The highest BCUT2D eigenvalue weighted by molar-refractivity contribution is 6.33. The number of hydrogen-bond donors (Lipinski definition) is 1. The number of carbonyl (C=O) groups is 1. The van der Waals surface area contributed by atoms with Gasteiger partial charge < -0.3 is 9.73 Å². The molecule has 0 aliphatic rings. The van der Waals surface area contributed by atoms with E-state index in [1.165, 1.54) is 6.20 Å². The second-order valence-electron chi connectivity index (χ2n) is 4.84. The number of oxazole rings is 1. The van der Waals surface area contributed by atoms with E-state index in [2.05, 4.69) is 20.3 Å². The first-order valence-corrected chi connectivity index (χ1v) is 7.13. The average Bonchev–Trinajstić information content (AvgIpc) is 2.93. The molecule has 0 bridgehead atoms. The molecule has 6 nitrogen and oxygen atoms in total. The fourth-order valence-electron chi connectivity index (χ4n) is 1.65. The van der Waals surface area contributed by atoms with Crippen molar-refractivity contribution in [2.75, 3.05) is 0 Å². The Balaban J connectivity index is 2.07. The summed E-state index contributed by atoms with van der Waals surface area (Å²) < 4.78 is 5.42. The molecule has 0 saturated carbocycles. The number of aryl methyl sites for hydroxylation is 1. The fourth-order valence-corrected chi connectivity index (χ4v) is 1.83. The van der Waals surface area contributed by atoms with Crippen LogP contribution >= 0.6 is 11.6 Å². The molecule has 2 rings (SSSR count). The van der Waals surface area contributed by atoms with Crippen molar-refractivity contribution in [3.8, 4) is 0 Å². The number of rotatable bonds is 5. The predicted molar refractivity (Wildman–Crippen MR) is 78.2 cm³/mol. The highest BCUT2D eigenvalue weighted by atomic mass is 35.5. The molecule has 0 aliphatic heterocycles. The standard InChI is InChI=1S/C14H17ClN4O2/c1-4-9-5-16-11(21-9)7-18-14(20)12-10(15)6-17-13(19-12)8(2)3/h5-6,8H,4,7H2,1-3H3,(H,18,20). The van der Waals surface area contributed by atoms with Gasteiger partial charge in [-0.15, -0.1) is 0 Å². The Morgan fingerprint density at radius 3 is 2.76 bits per heavy atom. The van der Waals surface area contributed by atoms with E-state index in [0.717, 1.165) is 12.2 Å². The maximum atomic E-state index is 12.1. The van der Waals surface area contributed by atoms with Gasteiger partial charge in [-0.05, 0) is 0 Å². The molecule has 2 aromatic heterocycles. The Morgan fingerprint density at radius 1 is 1.38 bits per heavy atom. The van der Waals surface area contributed by atoms with Crippen LogP contribution in [0.2, 0.25) is 5.02 Å². The van der Waals surface area contributed by atoms with Crippen molar-refractivity contribution in [1.82, 2.24) is 20.3 Å². The molecule has 0 atom stereocenters. The fraction of sp³-hybridized carbons (Fsp3) is 0.429. The van der Waals surface area contributed by atoms with Crippen LogP contribution in [0.5, 0.6) is 0 Å². The summed E-state index contributed by atoms with van der Waals surface area (Å²) in [6.07, 6.45) is 3.85. The third kappa shape index (κ3) is 3.78. The lowest BCUT2D eigenvalue weighted by molar-refractivity contribution is 0.0941. The highest BCUT2D eigenvalue weighted by Crippen LogP contribution is 2.16. The summed E-state index contributed by atoms with van der Waals surface area (Å²) in [6.45, 7) is 6.06. The minimum absolute atomic E-state index is 0.118. The monoisotopic (exact) mass is 308 g/mol. The summed E-state index contributed by atoms with van der Waals surface area (Å²) in [6, 6.07) is 0. The molecule has 0 fully saturated rings. The van der Waals surface area contributed by atoms with Crippen molar-refractivity contribution in [3.63, 3.8) is 0 Å². The summed E-state index contributed by atoms with van der Waals surface area (Å²) in [7, 11) is 0. The minimum Gasteiger partial charge on any atom is -0.444 e. The zero-order valence-corrected chi connectivity index (χ0v) is 12.9. The zero-order valence-electron chi connectivity index (χ0n) is 12.2. The van der Waals surface area contributed by atoms with Crippen molar-refractivity contribution >= 4 is 17.5 Å². The highest BCUT2D eigenvalue weighted by Gasteiger charge is 2.16. The van der Waals surface area contributed by atoms with Crippen LogP contribution in [0.3, 0.4) is 0 Å². The smallest absolute Gasteiger partial charge is 0.272 e. The van der Waals surface area contributed by atoms with Gasteiger partial charge >= 0.3 is 0 Å². The van der Waals surface area contributed by atoms with Gasteiger partial charge in [-0.1, -0.05) is 32.4 Å². The van der Waals surface area contributed by atoms with Gasteiger partial charge in [-0.25, -0.2) is 15.0 Å². The Morgan fingerprint density at radius 2 is 2.14 bits per heavy atom. The van der Waals surface area contributed by atoms with Crippen molar-refractivity contribution in [2.24, 2.45) is 0 Å². The summed E-state index contributed by atoms with van der Waals surface area (Å²) in [5.74, 6) is 1.55. The van der Waals surface area contributed by atoms with Crippen LogP contribution in [0.1, 0.15) is 54.7 Å². The Hall–Kier alpha value is -1.95. The van der Waals surface area contributed by atoms with Gasteiger partial charge in [0.25, 0.3) is 5.91 Å². The molecule has 0 spiro atoms. The third-order valence-electron chi connectivity index (χ3n) is 2.84. The van der Waals surface area contributed by atoms with Crippen LogP contribution < -0.4 is 5.32 Å². The maximum absolute atomic E-state index is 12.1. The van der Waals surface area contributed by atoms with Crippen molar-refractivity contribution in [2.45, 2.75) is 39.7 Å². The molecule has 0 saturated heterocycles. The normalized spacial score (nSPS) is 10.9. The quantitative estimate of drug-likeness (QED) is 0.918. The Bertz CT molecular complexity index is 640. The van der Waals surface area contributed by atoms with E-state index in [0.29, 0.717) is 11.7 Å². The molecule has 0 unspecified atom stereocenters. The topological polar surface area (TPSA) is 80.9 Å². The van der Waals surface area contributed by atoms with Gasteiger partial charge in [-0.3, -0.25) is 4.79 Å². The second-order valence-corrected chi connectivity index (χ2v) is 5.24. The van der Waals surface area contributed by atoms with E-state index in [1.54, 1.807) is 6.20 Å². The molecular formula is C14H17ClN4O2. The molecule has 2 aromatic rings. The minimum atomic E-state index is -0.374. The maximum Gasteiger partial charge on any atom is 0.272 e. The first kappa shape index (κ1) is 15.4. The van der Waals surface area contributed by atoms with E-state index in [9.17, 15) is 4.79 Å². The van der Waals surface area contributed by atoms with Crippen LogP contribution in [0.25, 0.3) is 0 Å². The summed E-state index contributed by atoms with van der Waals surface area (Å²) in [5.41, 5.74) is 0.164. The largest absolute Gasteiger partial charge is 0.444 e. The molecule has 0 aromatic carbocycles. The molecule has 1 N–H and O–H groups in total. The molecule has 2 heterocycles. The summed E-state index contributed by atoms with van der Waals surface area (Å²) in [5, 5.41) is 2.91. The van der Waals surface area contributed by atoms with Crippen LogP contribution in [0.4, 0.5) is 0 Å². The van der Waals surface area contributed by atoms with Crippen molar-refractivity contribution in [1.29, 1.82) is 0 Å². The number of carbonyl (C=O) groups excluding carboxylic acids is 1. The molecule has 112 valence electrons. The lowest BCUT2D eigenvalue weighted by atomic mass is 10.2. The van der Waals surface area contributed by atoms with Gasteiger partial charge in [0.2, 0.25) is 5.89 Å². The van der Waals surface area contributed by atoms with Crippen molar-refractivity contribution < 1.29 is 9.21 Å². The third-order valence-corrected chi connectivity index (χ3v) is 3.12. The Labute approximate surface area is 128 Å². The summed E-state index contributed by atoms with van der Waals surface area (Å²) >= 11 is 5.98. The van der Waals surface area contributed by atoms with Gasteiger partial charge in [0.15, 0.2) is 0 Å². The number of nitrogens with one attached hydrogen (secondary N) is 1. The molecular weight excluding hydrogens is 292 g/mol. The molecule has 21 heavy (non-hydrogen) atoms. The van der Waals surface area contributed by atoms with E-state index >= 15 is 0 Å². The van der Waals surface area contributed by atoms with E-state index in [-0.39, 0.29) is 29.1 Å². The first-order chi connectivity index (χ1) is 10.0. The molecule has 1 amide bonds. The number of amides is 1. The summed E-state index contributed by atoms with van der Waals surface area (Å²) in [4.78, 5) is 24.5. The van der Waals surface area contributed by atoms with Gasteiger partial charge in [0.05, 0.1) is 24.0 Å². The molecule has 0 aliphatic carbocycles. The second kappa shape index (κ2) is 6.67. The SMILES string of the molecule is CCc1cnc(CNC(=O)c2nc(C(C)C)ncc2Cl)o1. The lowest BCUT2D eigenvalue weighted by Gasteiger charge is -2.08. The number of halogens is 1. The van der Waals surface area contributed by atoms with Crippen LogP contribution in [0.15, 0.2) is 16.8 Å². The van der Waals surface area contributed by atoms with E-state index in [4.69, 9.17) is 16.0 Å². The van der Waals surface area contributed by atoms with Gasteiger partial charge in [0.1, 0.15) is 17.3 Å². The predicted octanol–water partition coefficient (Wildman–Crippen LogP) is 2.73. The van der Waals surface area contributed by atoms with Gasteiger partial charge in [0, 0.05) is 12.3 Å². The number of aromatic nitrogens is 3. The lowest BCUT2D eigenvalue weighted by Crippen LogP contribution is -2.25. The first-order valence-electron chi connectivity index (χ1n) is 6.75. The zero-order chi connectivity index (χ0) is 15.4. The molecule has 7 heteroatoms. The Kier molecular flexibility index (Phi) is 4.90. The van der Waals surface area contributed by atoms with Gasteiger partial charge in [-0.2, -0.15) is 0 Å². The average molecular weight is 309 g/mol. The number of nitrogens with zero attached hydrogens (tertiary/aromatic N) is 3. The van der Waals surface area contributed by atoms with E-state index < -0.39 is 0 Å². The van der Waals surface area contributed by atoms with Crippen LogP contribution in [0, 0.1) is 0 Å². The number of hydrogen-bond acceptors (Lipinski definition) is 5.